The Morgan fingerprint density at radius 1 is 1.38 bits per heavy atom. The number of aromatic nitrogens is 1. The number of alkyl carbamates (subject to hydrolysis) is 1. The lowest BCUT2D eigenvalue weighted by molar-refractivity contribution is -0.138. The predicted octanol–water partition coefficient (Wildman–Crippen LogP) is 2.98. The van der Waals surface area contributed by atoms with Crippen molar-refractivity contribution in [1.29, 1.82) is 0 Å². The minimum atomic E-state index is -4.52. The number of hydrogen-bond acceptors (Lipinski definition) is 3. The molecule has 1 aromatic rings. The molecule has 0 atom stereocenters. The summed E-state index contributed by atoms with van der Waals surface area (Å²) in [6.45, 7) is 4.95. The van der Waals surface area contributed by atoms with Crippen molar-refractivity contribution in [3.05, 3.63) is 29.6 Å². The number of carbonyl (C=O) groups is 1. The number of hydrogen-bond donors (Lipinski definition) is 1. The molecule has 0 saturated carbocycles. The summed E-state index contributed by atoms with van der Waals surface area (Å²) in [5.41, 5.74) is -1.94. The lowest BCUT2D eigenvalue weighted by Gasteiger charge is -2.19. The molecule has 1 N–H and O–H groups in total. The summed E-state index contributed by atoms with van der Waals surface area (Å²) >= 11 is 0. The molecule has 1 rings (SSSR count). The largest absolute Gasteiger partial charge is 0.444 e. The number of ether oxygens (including phenoxy) is 1. The van der Waals surface area contributed by atoms with Crippen LogP contribution < -0.4 is 5.32 Å². The zero-order valence-corrected chi connectivity index (χ0v) is 11.8. The van der Waals surface area contributed by atoms with Crippen molar-refractivity contribution in [2.75, 3.05) is 6.54 Å². The average Bonchev–Trinajstić information content (AvgIpc) is 2.32. The molecule has 21 heavy (non-hydrogen) atoms. The van der Waals surface area contributed by atoms with Crippen molar-refractivity contribution >= 4 is 6.09 Å². The molecule has 0 aliphatic carbocycles. The van der Waals surface area contributed by atoms with E-state index >= 15 is 0 Å². The Labute approximate surface area is 120 Å². The molecule has 0 fully saturated rings. The SMILES string of the molecule is CC(C)(C)OC(=O)NCC#Cc1ncccc1C(F)(F)F. The van der Waals surface area contributed by atoms with E-state index < -0.39 is 23.4 Å². The van der Waals surface area contributed by atoms with Crippen LogP contribution in [0.5, 0.6) is 0 Å². The Morgan fingerprint density at radius 2 is 2.05 bits per heavy atom. The molecule has 4 nitrogen and oxygen atoms in total. The summed E-state index contributed by atoms with van der Waals surface area (Å²) in [6, 6.07) is 2.09. The molecular weight excluding hydrogens is 285 g/mol. The van der Waals surface area contributed by atoms with Crippen molar-refractivity contribution in [3.8, 4) is 11.8 Å². The van der Waals surface area contributed by atoms with Gasteiger partial charge in [0.1, 0.15) is 11.3 Å². The number of pyridine rings is 1. The summed E-state index contributed by atoms with van der Waals surface area (Å²) in [5.74, 6) is 4.69. The van der Waals surface area contributed by atoms with Crippen LogP contribution in [-0.2, 0) is 10.9 Å². The van der Waals surface area contributed by atoms with Crippen LogP contribution in [0.1, 0.15) is 32.0 Å². The molecule has 0 aromatic carbocycles. The Bertz CT molecular complexity index is 566. The number of halogens is 3. The Balaban J connectivity index is 2.67. The molecule has 0 spiro atoms. The first kappa shape index (κ1) is 16.8. The van der Waals surface area contributed by atoms with Crippen LogP contribution in [-0.4, -0.2) is 23.2 Å². The van der Waals surface area contributed by atoms with Crippen molar-refractivity contribution < 1.29 is 22.7 Å². The molecule has 7 heteroatoms. The van der Waals surface area contributed by atoms with Crippen molar-refractivity contribution in [1.82, 2.24) is 10.3 Å². The third-order valence-electron chi connectivity index (χ3n) is 2.04. The second-order valence-electron chi connectivity index (χ2n) is 5.05. The molecule has 1 heterocycles. The maximum Gasteiger partial charge on any atom is 0.419 e. The predicted molar refractivity (Wildman–Crippen MR) is 70.4 cm³/mol. The highest BCUT2D eigenvalue weighted by molar-refractivity contribution is 5.68. The van der Waals surface area contributed by atoms with E-state index in [0.29, 0.717) is 0 Å². The van der Waals surface area contributed by atoms with Crippen LogP contribution in [0, 0.1) is 11.8 Å². The summed E-state index contributed by atoms with van der Waals surface area (Å²) < 4.78 is 43.0. The molecule has 0 saturated heterocycles. The third-order valence-corrected chi connectivity index (χ3v) is 2.04. The van der Waals surface area contributed by atoms with Crippen LogP contribution in [0.15, 0.2) is 18.3 Å². The fourth-order valence-corrected chi connectivity index (χ4v) is 1.29. The topological polar surface area (TPSA) is 51.2 Å². The first-order chi connectivity index (χ1) is 9.59. The molecule has 0 radical (unpaired) electrons. The van der Waals surface area contributed by atoms with E-state index in [-0.39, 0.29) is 12.2 Å². The maximum atomic E-state index is 12.7. The van der Waals surface area contributed by atoms with Gasteiger partial charge in [0, 0.05) is 6.20 Å². The number of nitrogens with one attached hydrogen (secondary N) is 1. The van der Waals surface area contributed by atoms with Gasteiger partial charge >= 0.3 is 12.3 Å². The van der Waals surface area contributed by atoms with E-state index in [1.54, 1.807) is 20.8 Å². The fraction of sp³-hybridized carbons (Fsp3) is 0.429. The Hall–Kier alpha value is -2.23. The van der Waals surface area contributed by atoms with Gasteiger partial charge in [0.05, 0.1) is 12.1 Å². The molecule has 1 aromatic heterocycles. The van der Waals surface area contributed by atoms with E-state index in [1.807, 2.05) is 0 Å². The number of alkyl halides is 3. The summed E-state index contributed by atoms with van der Waals surface area (Å²) in [4.78, 5) is 14.9. The quantitative estimate of drug-likeness (QED) is 0.811. The Kier molecular flexibility index (Phi) is 5.19. The molecule has 0 aliphatic heterocycles. The van der Waals surface area contributed by atoms with Gasteiger partial charge in [-0.2, -0.15) is 13.2 Å². The van der Waals surface area contributed by atoms with Crippen LogP contribution in [0.4, 0.5) is 18.0 Å². The smallest absolute Gasteiger partial charge is 0.419 e. The van der Waals surface area contributed by atoms with E-state index in [4.69, 9.17) is 4.74 Å². The van der Waals surface area contributed by atoms with Gasteiger partial charge in [-0.25, -0.2) is 9.78 Å². The van der Waals surface area contributed by atoms with Gasteiger partial charge in [0.2, 0.25) is 0 Å². The van der Waals surface area contributed by atoms with Crippen LogP contribution in [0.25, 0.3) is 0 Å². The van der Waals surface area contributed by atoms with Gasteiger partial charge in [-0.15, -0.1) is 0 Å². The van der Waals surface area contributed by atoms with Crippen molar-refractivity contribution in [3.63, 3.8) is 0 Å². The lowest BCUT2D eigenvalue weighted by atomic mass is 10.2. The number of amides is 1. The van der Waals surface area contributed by atoms with Gasteiger partial charge in [0.25, 0.3) is 0 Å². The summed E-state index contributed by atoms with van der Waals surface area (Å²) in [6.07, 6.45) is -3.98. The standard InChI is InChI=1S/C14H15F3N2O2/c1-13(2,3)21-12(20)19-9-5-7-11-10(14(15,16)17)6-4-8-18-11/h4,6,8H,9H2,1-3H3,(H,19,20). The minimum absolute atomic E-state index is 0.136. The monoisotopic (exact) mass is 300 g/mol. The normalized spacial score (nSPS) is 11.3. The van der Waals surface area contributed by atoms with E-state index in [1.165, 1.54) is 12.3 Å². The first-order valence-electron chi connectivity index (χ1n) is 6.07. The number of nitrogens with zero attached hydrogens (tertiary/aromatic N) is 1. The van der Waals surface area contributed by atoms with Gasteiger partial charge in [-0.05, 0) is 38.8 Å². The summed E-state index contributed by atoms with van der Waals surface area (Å²) in [7, 11) is 0. The fourth-order valence-electron chi connectivity index (χ4n) is 1.29. The highest BCUT2D eigenvalue weighted by Gasteiger charge is 2.33. The zero-order valence-electron chi connectivity index (χ0n) is 11.8. The van der Waals surface area contributed by atoms with Crippen molar-refractivity contribution in [2.45, 2.75) is 32.5 Å². The van der Waals surface area contributed by atoms with Crippen LogP contribution in [0.2, 0.25) is 0 Å². The third kappa shape index (κ3) is 6.17. The molecule has 0 unspecified atom stereocenters. The second-order valence-corrected chi connectivity index (χ2v) is 5.05. The molecule has 1 amide bonds. The van der Waals surface area contributed by atoms with Crippen molar-refractivity contribution in [2.24, 2.45) is 0 Å². The van der Waals surface area contributed by atoms with E-state index in [2.05, 4.69) is 22.1 Å². The minimum Gasteiger partial charge on any atom is -0.444 e. The molecular formula is C14H15F3N2O2. The lowest BCUT2D eigenvalue weighted by Crippen LogP contribution is -2.32. The first-order valence-corrected chi connectivity index (χ1v) is 6.07. The summed E-state index contributed by atoms with van der Waals surface area (Å²) in [5, 5.41) is 2.32. The van der Waals surface area contributed by atoms with E-state index in [0.717, 1.165) is 6.07 Å². The number of carbonyl (C=O) groups excluding carboxylic acids is 1. The number of rotatable bonds is 1. The maximum absolute atomic E-state index is 12.7. The van der Waals surface area contributed by atoms with Gasteiger partial charge in [-0.1, -0.05) is 5.92 Å². The second kappa shape index (κ2) is 6.48. The van der Waals surface area contributed by atoms with Crippen LogP contribution in [0.3, 0.4) is 0 Å². The highest BCUT2D eigenvalue weighted by atomic mass is 19.4. The average molecular weight is 300 g/mol. The highest BCUT2D eigenvalue weighted by Crippen LogP contribution is 2.30. The van der Waals surface area contributed by atoms with E-state index in [9.17, 15) is 18.0 Å². The molecule has 0 aliphatic rings. The molecule has 0 bridgehead atoms. The van der Waals surface area contributed by atoms with Gasteiger partial charge in [-0.3, -0.25) is 0 Å². The van der Waals surface area contributed by atoms with Gasteiger partial charge < -0.3 is 10.1 Å². The van der Waals surface area contributed by atoms with Gasteiger partial charge in [0.15, 0.2) is 0 Å². The molecule has 114 valence electrons. The Morgan fingerprint density at radius 3 is 2.62 bits per heavy atom. The van der Waals surface area contributed by atoms with Crippen LogP contribution >= 0.6 is 0 Å². The zero-order chi connectivity index (χ0) is 16.1.